The van der Waals surface area contributed by atoms with E-state index in [-0.39, 0.29) is 5.91 Å². The van der Waals surface area contributed by atoms with Gasteiger partial charge in [-0.1, -0.05) is 17.7 Å². The minimum Gasteiger partial charge on any atom is -0.264 e. The Labute approximate surface area is 88.8 Å². The predicted molar refractivity (Wildman–Crippen MR) is 57.0 cm³/mol. The lowest BCUT2D eigenvalue weighted by molar-refractivity contribution is -0.905. The lowest BCUT2D eigenvalue weighted by atomic mass is 10.2. The van der Waals surface area contributed by atoms with Crippen LogP contribution < -0.4 is 5.43 Å². The van der Waals surface area contributed by atoms with E-state index < -0.39 is 0 Å². The molecule has 0 aliphatic carbocycles. The zero-order chi connectivity index (χ0) is 10.8. The first-order valence-corrected chi connectivity index (χ1v) is 4.66. The van der Waals surface area contributed by atoms with Gasteiger partial charge in [0.2, 0.25) is 0 Å². The monoisotopic (exact) mass is 213 g/mol. The number of nitrogens with zero attached hydrogens (tertiary/aromatic N) is 1. The van der Waals surface area contributed by atoms with Crippen LogP contribution in [0, 0.1) is 0 Å². The third-order valence-corrected chi connectivity index (χ3v) is 1.76. The van der Waals surface area contributed by atoms with Gasteiger partial charge in [-0.15, -0.1) is 0 Å². The molecule has 0 aliphatic heterocycles. The average molecular weight is 214 g/mol. The van der Waals surface area contributed by atoms with Gasteiger partial charge >= 0.3 is 0 Å². The average Bonchev–Trinajstić information content (AvgIpc) is 2.01. The summed E-state index contributed by atoms with van der Waals surface area (Å²) in [4.78, 5) is 11.6. The number of amides is 1. The standard InChI is InChI=1S/C10H13ClN2O/c1-13(2,3)12-10(14)8-5-4-6-9(11)7-8/h4-7H,1-3H3/p+1. The molecular weight excluding hydrogens is 200 g/mol. The first-order valence-electron chi connectivity index (χ1n) is 4.28. The van der Waals surface area contributed by atoms with Gasteiger partial charge < -0.3 is 0 Å². The number of halogens is 1. The van der Waals surface area contributed by atoms with Crippen LogP contribution in [-0.4, -0.2) is 31.6 Å². The Morgan fingerprint density at radius 2 is 2.00 bits per heavy atom. The van der Waals surface area contributed by atoms with Crippen molar-refractivity contribution in [1.29, 1.82) is 0 Å². The van der Waals surface area contributed by atoms with E-state index in [9.17, 15) is 4.79 Å². The molecule has 1 aromatic rings. The summed E-state index contributed by atoms with van der Waals surface area (Å²) in [7, 11) is 5.63. The number of benzene rings is 1. The van der Waals surface area contributed by atoms with Crippen LogP contribution in [0.4, 0.5) is 0 Å². The fraction of sp³-hybridized carbons (Fsp3) is 0.300. The quantitative estimate of drug-likeness (QED) is 0.588. The molecule has 1 N–H and O–H groups in total. The van der Waals surface area contributed by atoms with E-state index in [0.717, 1.165) is 0 Å². The molecular formula is C10H14ClN2O+. The maximum atomic E-state index is 11.6. The van der Waals surface area contributed by atoms with Gasteiger partial charge in [-0.25, -0.2) is 4.59 Å². The number of quaternary nitrogens is 1. The Morgan fingerprint density at radius 1 is 1.36 bits per heavy atom. The van der Waals surface area contributed by atoms with Crippen molar-refractivity contribution in [3.63, 3.8) is 0 Å². The molecule has 1 aromatic carbocycles. The van der Waals surface area contributed by atoms with Gasteiger partial charge in [-0.2, -0.15) is 5.43 Å². The van der Waals surface area contributed by atoms with Gasteiger partial charge in [0.25, 0.3) is 5.91 Å². The van der Waals surface area contributed by atoms with Crippen LogP contribution in [0.2, 0.25) is 5.02 Å². The number of hydrogen-bond acceptors (Lipinski definition) is 1. The van der Waals surface area contributed by atoms with Crippen molar-refractivity contribution >= 4 is 17.5 Å². The largest absolute Gasteiger partial charge is 0.295 e. The molecule has 0 atom stereocenters. The third-order valence-electron chi connectivity index (χ3n) is 1.52. The molecule has 0 fully saturated rings. The number of carbonyl (C=O) groups is 1. The second kappa shape index (κ2) is 3.98. The Morgan fingerprint density at radius 3 is 2.50 bits per heavy atom. The Bertz CT molecular complexity index is 344. The maximum absolute atomic E-state index is 11.6. The zero-order valence-corrected chi connectivity index (χ0v) is 9.30. The zero-order valence-electron chi connectivity index (χ0n) is 8.54. The molecule has 0 bridgehead atoms. The van der Waals surface area contributed by atoms with Crippen molar-refractivity contribution in [2.45, 2.75) is 0 Å². The fourth-order valence-corrected chi connectivity index (χ4v) is 1.19. The summed E-state index contributed by atoms with van der Waals surface area (Å²) in [6.07, 6.45) is 0. The van der Waals surface area contributed by atoms with Crippen LogP contribution in [0.5, 0.6) is 0 Å². The molecule has 0 saturated carbocycles. The summed E-state index contributed by atoms with van der Waals surface area (Å²) in [5.74, 6) is -0.125. The van der Waals surface area contributed by atoms with E-state index in [2.05, 4.69) is 5.43 Å². The van der Waals surface area contributed by atoms with E-state index in [0.29, 0.717) is 15.2 Å². The highest BCUT2D eigenvalue weighted by atomic mass is 35.5. The van der Waals surface area contributed by atoms with Crippen LogP contribution >= 0.6 is 11.6 Å². The highest BCUT2D eigenvalue weighted by Crippen LogP contribution is 2.10. The topological polar surface area (TPSA) is 29.1 Å². The van der Waals surface area contributed by atoms with Gasteiger partial charge in [0.15, 0.2) is 0 Å². The lowest BCUT2D eigenvalue weighted by Gasteiger charge is -2.23. The van der Waals surface area contributed by atoms with Crippen molar-refractivity contribution in [1.82, 2.24) is 5.43 Å². The third kappa shape index (κ3) is 3.36. The molecule has 0 unspecified atom stereocenters. The van der Waals surface area contributed by atoms with E-state index >= 15 is 0 Å². The summed E-state index contributed by atoms with van der Waals surface area (Å²) in [6.45, 7) is 0. The molecule has 0 saturated heterocycles. The molecule has 0 aliphatic rings. The minimum atomic E-state index is -0.125. The van der Waals surface area contributed by atoms with Crippen molar-refractivity contribution in [2.75, 3.05) is 21.1 Å². The number of rotatable bonds is 2. The maximum Gasteiger partial charge on any atom is 0.295 e. The molecule has 1 amide bonds. The van der Waals surface area contributed by atoms with E-state index in [1.807, 2.05) is 21.1 Å². The number of carbonyl (C=O) groups excluding carboxylic acids is 1. The van der Waals surface area contributed by atoms with Crippen molar-refractivity contribution in [3.8, 4) is 0 Å². The summed E-state index contributed by atoms with van der Waals surface area (Å²) < 4.78 is 0.380. The van der Waals surface area contributed by atoms with Crippen LogP contribution in [-0.2, 0) is 0 Å². The van der Waals surface area contributed by atoms with E-state index in [1.165, 1.54) is 0 Å². The molecule has 1 rings (SSSR count). The molecule has 0 aromatic heterocycles. The van der Waals surface area contributed by atoms with Gasteiger partial charge in [-0.05, 0) is 18.2 Å². The number of hydrogen-bond donors (Lipinski definition) is 1. The van der Waals surface area contributed by atoms with Crippen LogP contribution in [0.25, 0.3) is 0 Å². The first kappa shape index (κ1) is 11.0. The summed E-state index contributed by atoms with van der Waals surface area (Å²) in [5.41, 5.74) is 3.38. The summed E-state index contributed by atoms with van der Waals surface area (Å²) in [6, 6.07) is 6.88. The van der Waals surface area contributed by atoms with Crippen LogP contribution in [0.15, 0.2) is 24.3 Å². The second-order valence-electron chi connectivity index (χ2n) is 3.96. The highest BCUT2D eigenvalue weighted by Gasteiger charge is 2.14. The molecule has 3 nitrogen and oxygen atoms in total. The lowest BCUT2D eigenvalue weighted by Crippen LogP contribution is -2.51. The minimum absolute atomic E-state index is 0.125. The van der Waals surface area contributed by atoms with Gasteiger partial charge in [0.1, 0.15) is 0 Å². The van der Waals surface area contributed by atoms with Crippen molar-refractivity contribution in [2.24, 2.45) is 0 Å². The van der Waals surface area contributed by atoms with Crippen molar-refractivity contribution in [3.05, 3.63) is 34.9 Å². The Hall–Kier alpha value is -1.06. The molecule has 0 heterocycles. The molecule has 0 spiro atoms. The molecule has 14 heavy (non-hydrogen) atoms. The molecule has 0 radical (unpaired) electrons. The summed E-state index contributed by atoms with van der Waals surface area (Å²) in [5, 5.41) is 0.569. The Kier molecular flexibility index (Phi) is 3.13. The normalized spacial score (nSPS) is 11.1. The van der Waals surface area contributed by atoms with E-state index in [4.69, 9.17) is 11.6 Å². The van der Waals surface area contributed by atoms with Crippen LogP contribution in [0.1, 0.15) is 10.4 Å². The SMILES string of the molecule is C[N+](C)(C)NC(=O)c1cccc(Cl)c1. The second-order valence-corrected chi connectivity index (χ2v) is 4.40. The van der Waals surface area contributed by atoms with Gasteiger partial charge in [0.05, 0.1) is 21.1 Å². The first-order chi connectivity index (χ1) is 6.38. The van der Waals surface area contributed by atoms with Crippen LogP contribution in [0.3, 0.4) is 0 Å². The molecule has 4 heteroatoms. The fourth-order valence-electron chi connectivity index (χ4n) is 0.999. The Balaban J connectivity index is 2.80. The summed E-state index contributed by atoms with van der Waals surface area (Å²) >= 11 is 5.78. The van der Waals surface area contributed by atoms with Gasteiger partial charge in [-0.3, -0.25) is 4.79 Å². The predicted octanol–water partition coefficient (Wildman–Crippen LogP) is 1.69. The van der Waals surface area contributed by atoms with Crippen molar-refractivity contribution < 1.29 is 9.39 Å². The highest BCUT2D eigenvalue weighted by molar-refractivity contribution is 6.30. The van der Waals surface area contributed by atoms with E-state index in [1.54, 1.807) is 24.3 Å². The smallest absolute Gasteiger partial charge is 0.264 e. The number of nitrogens with one attached hydrogen (secondary N) is 1. The molecule has 76 valence electrons. The van der Waals surface area contributed by atoms with Gasteiger partial charge in [0, 0.05) is 10.6 Å².